The number of ether oxygens (including phenoxy) is 1. The third-order valence-electron chi connectivity index (χ3n) is 7.41. The van der Waals surface area contributed by atoms with Crippen LogP contribution >= 0.6 is 0 Å². The zero-order valence-corrected chi connectivity index (χ0v) is 26.2. The SMILES string of the molecule is CC(C)C[C@@H]1NC(=O)C[C@@H](C(=O)NCCCn2ccc(C(F)(F)F)n2)NC(=O)c2ccccc2OC[C@@H](Cc2ccccc2)NC1=O. The van der Waals surface area contributed by atoms with Gasteiger partial charge in [0.15, 0.2) is 5.69 Å². The van der Waals surface area contributed by atoms with Crippen molar-refractivity contribution in [3.8, 4) is 5.75 Å². The van der Waals surface area contributed by atoms with Gasteiger partial charge in [-0.25, -0.2) is 0 Å². The summed E-state index contributed by atoms with van der Waals surface area (Å²) in [5.74, 6) is -2.08. The van der Waals surface area contributed by atoms with Crippen LogP contribution in [0.25, 0.3) is 0 Å². The molecule has 1 aromatic heterocycles. The molecule has 2 aromatic carbocycles. The lowest BCUT2D eigenvalue weighted by atomic mass is 10.0. The fraction of sp³-hybridized carbons (Fsp3) is 0.424. The van der Waals surface area contributed by atoms with E-state index in [1.165, 1.54) is 12.3 Å². The number of nitrogens with one attached hydrogen (secondary N) is 4. The molecule has 2 heterocycles. The van der Waals surface area contributed by atoms with E-state index < -0.39 is 60.0 Å². The Morgan fingerprint density at radius 2 is 1.74 bits per heavy atom. The summed E-state index contributed by atoms with van der Waals surface area (Å²) in [6.07, 6.45) is -2.84. The van der Waals surface area contributed by atoms with Crippen LogP contribution in [-0.4, -0.2) is 64.7 Å². The van der Waals surface area contributed by atoms with Gasteiger partial charge in [0.05, 0.1) is 18.0 Å². The van der Waals surface area contributed by atoms with Gasteiger partial charge in [-0.1, -0.05) is 56.3 Å². The highest BCUT2D eigenvalue weighted by Gasteiger charge is 2.34. The average molecular weight is 657 g/mol. The van der Waals surface area contributed by atoms with Crippen LogP contribution < -0.4 is 26.0 Å². The Bertz CT molecular complexity index is 1530. The standard InChI is InChI=1S/C33H39F3N6O5/c1-21(2)17-25-32(46)38-23(18-22-9-4-3-5-10-22)20-47-27-12-7-6-11-24(27)30(44)40-26(19-29(43)39-25)31(45)37-14-8-15-42-16-13-28(41-42)33(34,35)36/h3-7,9-13,16,21,23,25-26H,8,14-15,17-20H2,1-2H3,(H,37,45)(H,38,46)(H,39,43)(H,40,44)/t23-,25+,26+/m1/s1. The normalized spacial score (nSPS) is 19.4. The zero-order chi connectivity index (χ0) is 34.0. The number of hydrogen-bond donors (Lipinski definition) is 4. The number of para-hydroxylation sites is 1. The number of aryl methyl sites for hydroxylation is 1. The van der Waals surface area contributed by atoms with Gasteiger partial charge in [0.2, 0.25) is 17.7 Å². The number of nitrogens with zero attached hydrogens (tertiary/aromatic N) is 2. The third-order valence-corrected chi connectivity index (χ3v) is 7.41. The van der Waals surface area contributed by atoms with Crippen molar-refractivity contribution in [3.63, 3.8) is 0 Å². The molecular weight excluding hydrogens is 617 g/mol. The molecule has 0 radical (unpaired) electrons. The van der Waals surface area contributed by atoms with Crippen LogP contribution in [0.4, 0.5) is 13.2 Å². The first kappa shape index (κ1) is 35.0. The van der Waals surface area contributed by atoms with Gasteiger partial charge in [-0.2, -0.15) is 18.3 Å². The first-order chi connectivity index (χ1) is 22.4. The highest BCUT2D eigenvalue weighted by Crippen LogP contribution is 2.27. The van der Waals surface area contributed by atoms with E-state index in [-0.39, 0.29) is 43.3 Å². The van der Waals surface area contributed by atoms with Crippen molar-refractivity contribution in [2.24, 2.45) is 5.92 Å². The quantitative estimate of drug-likeness (QED) is 0.261. The molecule has 4 amide bonds. The fourth-order valence-corrected chi connectivity index (χ4v) is 5.12. The number of fused-ring (bicyclic) bond motifs is 1. The molecule has 14 heteroatoms. The third kappa shape index (κ3) is 10.6. The molecule has 0 bridgehead atoms. The fourth-order valence-electron chi connectivity index (χ4n) is 5.12. The molecule has 3 aromatic rings. The minimum absolute atomic E-state index is 0.0257. The Balaban J connectivity index is 1.51. The Morgan fingerprint density at radius 1 is 1.02 bits per heavy atom. The second-order valence-electron chi connectivity index (χ2n) is 11.8. The van der Waals surface area contributed by atoms with Crippen LogP contribution in [0.2, 0.25) is 0 Å². The lowest BCUT2D eigenvalue weighted by Gasteiger charge is -2.27. The lowest BCUT2D eigenvalue weighted by Crippen LogP contribution is -2.54. The number of benzene rings is 2. The monoisotopic (exact) mass is 656 g/mol. The number of rotatable bonds is 9. The van der Waals surface area contributed by atoms with E-state index in [1.807, 2.05) is 44.2 Å². The molecular formula is C33H39F3N6O5. The van der Waals surface area contributed by atoms with Gasteiger partial charge in [-0.05, 0) is 48.9 Å². The summed E-state index contributed by atoms with van der Waals surface area (Å²) in [6.45, 7) is 3.98. The largest absolute Gasteiger partial charge is 0.491 e. The number of aromatic nitrogens is 2. The number of halogens is 3. The van der Waals surface area contributed by atoms with Crippen LogP contribution in [0.15, 0.2) is 66.9 Å². The topological polar surface area (TPSA) is 143 Å². The van der Waals surface area contributed by atoms with E-state index in [2.05, 4.69) is 26.4 Å². The van der Waals surface area contributed by atoms with Crippen molar-refractivity contribution in [1.82, 2.24) is 31.0 Å². The minimum atomic E-state index is -4.56. The lowest BCUT2D eigenvalue weighted by molar-refractivity contribution is -0.141. The molecule has 3 atom stereocenters. The van der Waals surface area contributed by atoms with Crippen LogP contribution in [0.1, 0.15) is 54.7 Å². The molecule has 0 spiro atoms. The summed E-state index contributed by atoms with van der Waals surface area (Å²) in [4.78, 5) is 53.5. The van der Waals surface area contributed by atoms with Crippen LogP contribution in [-0.2, 0) is 33.5 Å². The summed E-state index contributed by atoms with van der Waals surface area (Å²) in [7, 11) is 0. The van der Waals surface area contributed by atoms with E-state index in [0.29, 0.717) is 12.8 Å². The van der Waals surface area contributed by atoms with Crippen LogP contribution in [0, 0.1) is 5.92 Å². The molecule has 47 heavy (non-hydrogen) atoms. The van der Waals surface area contributed by atoms with E-state index in [9.17, 15) is 32.3 Å². The molecule has 1 aliphatic rings. The first-order valence-corrected chi connectivity index (χ1v) is 15.4. The van der Waals surface area contributed by atoms with Gasteiger partial charge in [-0.15, -0.1) is 0 Å². The molecule has 0 unspecified atom stereocenters. The van der Waals surface area contributed by atoms with Gasteiger partial charge in [0.1, 0.15) is 24.4 Å². The summed E-state index contributed by atoms with van der Waals surface area (Å²) < 4.78 is 45.7. The number of carbonyl (C=O) groups excluding carboxylic acids is 4. The predicted molar refractivity (Wildman–Crippen MR) is 166 cm³/mol. The molecule has 11 nitrogen and oxygen atoms in total. The Labute approximate surface area is 270 Å². The number of carbonyl (C=O) groups is 4. The summed E-state index contributed by atoms with van der Waals surface area (Å²) in [5, 5.41) is 14.5. The van der Waals surface area contributed by atoms with Crippen molar-refractivity contribution in [2.75, 3.05) is 13.2 Å². The number of hydrogen-bond acceptors (Lipinski definition) is 6. The maximum absolute atomic E-state index is 13.5. The molecule has 1 aliphatic heterocycles. The van der Waals surface area contributed by atoms with Crippen LogP contribution in [0.5, 0.6) is 5.75 Å². The second-order valence-corrected chi connectivity index (χ2v) is 11.8. The molecule has 0 saturated carbocycles. The van der Waals surface area contributed by atoms with E-state index in [0.717, 1.165) is 16.3 Å². The maximum Gasteiger partial charge on any atom is 0.435 e. The molecule has 4 rings (SSSR count). The van der Waals surface area contributed by atoms with Crippen molar-refractivity contribution in [3.05, 3.63) is 83.7 Å². The number of alkyl halides is 3. The van der Waals surface area contributed by atoms with Gasteiger partial charge in [0, 0.05) is 19.3 Å². The highest BCUT2D eigenvalue weighted by molar-refractivity contribution is 6.01. The number of amides is 4. The molecule has 0 saturated heterocycles. The van der Waals surface area contributed by atoms with Crippen molar-refractivity contribution in [2.45, 2.75) is 70.4 Å². The Kier molecular flexibility index (Phi) is 12.0. The predicted octanol–water partition coefficient (Wildman–Crippen LogP) is 3.25. The van der Waals surface area contributed by atoms with Crippen molar-refractivity contribution in [1.29, 1.82) is 0 Å². The second kappa shape index (κ2) is 16.1. The first-order valence-electron chi connectivity index (χ1n) is 15.4. The summed E-state index contributed by atoms with van der Waals surface area (Å²) in [6, 6.07) is 14.1. The van der Waals surface area contributed by atoms with E-state index in [4.69, 9.17) is 4.74 Å². The van der Waals surface area contributed by atoms with Gasteiger partial charge in [0.25, 0.3) is 5.91 Å². The van der Waals surface area contributed by atoms with E-state index in [1.54, 1.807) is 18.2 Å². The van der Waals surface area contributed by atoms with Crippen LogP contribution in [0.3, 0.4) is 0 Å². The molecule has 0 aliphatic carbocycles. The molecule has 252 valence electrons. The smallest absolute Gasteiger partial charge is 0.435 e. The zero-order valence-electron chi connectivity index (χ0n) is 26.2. The summed E-state index contributed by atoms with van der Waals surface area (Å²) in [5.41, 5.74) is 0.0716. The van der Waals surface area contributed by atoms with E-state index >= 15 is 0 Å². The van der Waals surface area contributed by atoms with Crippen molar-refractivity contribution >= 4 is 23.6 Å². The van der Waals surface area contributed by atoms with Gasteiger partial charge < -0.3 is 26.0 Å². The van der Waals surface area contributed by atoms with Crippen molar-refractivity contribution < 1.29 is 37.1 Å². The molecule has 0 fully saturated rings. The summed E-state index contributed by atoms with van der Waals surface area (Å²) >= 11 is 0. The van der Waals surface area contributed by atoms with Gasteiger partial charge >= 0.3 is 6.18 Å². The molecule has 4 N–H and O–H groups in total. The van der Waals surface area contributed by atoms with Gasteiger partial charge in [-0.3, -0.25) is 23.9 Å². The minimum Gasteiger partial charge on any atom is -0.491 e. The Hall–Kier alpha value is -4.88. The maximum atomic E-state index is 13.5. The highest BCUT2D eigenvalue weighted by atomic mass is 19.4. The Morgan fingerprint density at radius 3 is 2.45 bits per heavy atom. The average Bonchev–Trinajstić information content (AvgIpc) is 3.51.